The van der Waals surface area contributed by atoms with Crippen LogP contribution in [0, 0.1) is 6.92 Å². The summed E-state index contributed by atoms with van der Waals surface area (Å²) in [7, 11) is 2.27. The molecule has 1 atom stereocenters. The maximum absolute atomic E-state index is 4.51. The summed E-state index contributed by atoms with van der Waals surface area (Å²) >= 11 is 0. The Hall–Kier alpha value is 0.140. The number of hydrogen-bond donors (Lipinski definition) is 0. The smallest absolute Gasteiger partial charge is 0.0523 e. The molecule has 0 saturated carbocycles. The van der Waals surface area contributed by atoms with Crippen molar-refractivity contribution in [3.05, 3.63) is 11.0 Å². The zero-order valence-electron chi connectivity index (χ0n) is 7.93. The molecule has 0 bridgehead atoms. The summed E-state index contributed by atoms with van der Waals surface area (Å²) in [5.74, 6) is 0. The van der Waals surface area contributed by atoms with Gasteiger partial charge in [-0.25, -0.2) is 4.75 Å². The molecule has 0 aliphatic heterocycles. The minimum Gasteiger partial charge on any atom is -0.240 e. The average Bonchev–Trinajstić information content (AvgIpc) is 2.46. The van der Waals surface area contributed by atoms with E-state index in [1.54, 1.807) is 0 Å². The largest absolute Gasteiger partial charge is 0.240 e. The molecule has 68 valence electrons. The van der Waals surface area contributed by atoms with Crippen LogP contribution in [0.5, 0.6) is 0 Å². The van der Waals surface area contributed by atoms with Crippen LogP contribution in [0.2, 0.25) is 0 Å². The van der Waals surface area contributed by atoms with Gasteiger partial charge in [-0.1, -0.05) is 26.2 Å². The van der Waals surface area contributed by atoms with E-state index >= 15 is 0 Å². The van der Waals surface area contributed by atoms with Crippen molar-refractivity contribution < 1.29 is 0 Å². The maximum atomic E-state index is 4.51. The van der Waals surface area contributed by atoms with E-state index < -0.39 is 0 Å². The summed E-state index contributed by atoms with van der Waals surface area (Å²) in [6, 6.07) is 0. The molecule has 0 spiro atoms. The van der Waals surface area contributed by atoms with Gasteiger partial charge >= 0.3 is 0 Å². The fourth-order valence-electron chi connectivity index (χ4n) is 1.26. The van der Waals surface area contributed by atoms with Crippen LogP contribution in [0.1, 0.15) is 43.6 Å². The van der Waals surface area contributed by atoms with Gasteiger partial charge < -0.3 is 0 Å². The molecule has 0 N–H and O–H groups in total. The van der Waals surface area contributed by atoms with Crippen LogP contribution in [0.4, 0.5) is 0 Å². The monoisotopic (exact) mass is 201 g/mol. The van der Waals surface area contributed by atoms with Crippen molar-refractivity contribution in [2.24, 2.45) is 0 Å². The van der Waals surface area contributed by atoms with Gasteiger partial charge in [0.15, 0.2) is 0 Å². The Labute approximate surface area is 78.1 Å². The molecule has 0 fully saturated rings. The Kier molecular flexibility index (Phi) is 4.88. The first kappa shape index (κ1) is 10.2. The summed E-state index contributed by atoms with van der Waals surface area (Å²) in [6.07, 6.45) is 6.65. The maximum Gasteiger partial charge on any atom is 0.0523 e. The second kappa shape index (κ2) is 5.73. The summed E-state index contributed by atoms with van der Waals surface area (Å²) < 4.78 is 4.51. The molecule has 0 aliphatic rings. The van der Waals surface area contributed by atoms with Gasteiger partial charge in [0, 0.05) is 5.30 Å². The fourth-order valence-corrected chi connectivity index (χ4v) is 3.60. The minimum atomic E-state index is 0.805. The number of aryl methyl sites for hydroxylation is 2. The first-order valence-electron chi connectivity index (χ1n) is 4.71. The van der Waals surface area contributed by atoms with Crippen molar-refractivity contribution in [1.29, 1.82) is 0 Å². The molecule has 0 aliphatic carbocycles. The van der Waals surface area contributed by atoms with E-state index in [4.69, 9.17) is 0 Å². The predicted octanol–water partition coefficient (Wildman–Crippen LogP) is 4.12. The molecule has 0 radical (unpaired) electrons. The normalized spacial score (nSPS) is 11.8. The van der Waals surface area contributed by atoms with E-state index in [9.17, 15) is 0 Å². The highest BCUT2D eigenvalue weighted by Crippen LogP contribution is 2.27. The van der Waals surface area contributed by atoms with Crippen molar-refractivity contribution in [3.8, 4) is 0 Å². The first-order chi connectivity index (χ1) is 5.84. The number of unbranched alkanes of at least 4 members (excludes halogenated alkanes) is 3. The third-order valence-electron chi connectivity index (χ3n) is 2.09. The zero-order valence-corrected chi connectivity index (χ0v) is 9.82. The fraction of sp³-hybridized carbons (Fsp3) is 0.778. The summed E-state index contributed by atoms with van der Waals surface area (Å²) in [6.45, 7) is 4.48. The molecule has 12 heavy (non-hydrogen) atoms. The average molecular weight is 201 g/mol. The van der Waals surface area contributed by atoms with E-state index in [0.29, 0.717) is 0 Å². The Balaban J connectivity index is 2.20. The van der Waals surface area contributed by atoms with Crippen LogP contribution < -0.4 is 0 Å². The Morgan fingerprint density at radius 3 is 2.75 bits per heavy atom. The highest BCUT2D eigenvalue weighted by atomic mass is 31.8. The van der Waals surface area contributed by atoms with Crippen LogP contribution >= 0.6 is 15.9 Å². The first-order valence-corrected chi connectivity index (χ1v) is 7.39. The van der Waals surface area contributed by atoms with Crippen molar-refractivity contribution in [2.75, 3.05) is 0 Å². The standard InChI is InChI=1S/C9H17NP2/c1-3-4-5-6-7-9-8(2)11-12-10-9/h12H,3-7H2,1-2H3. The number of nitrogens with zero attached hydrogens (tertiary/aromatic N) is 1. The third-order valence-corrected chi connectivity index (χ3v) is 4.76. The predicted molar refractivity (Wildman–Crippen MR) is 58.8 cm³/mol. The lowest BCUT2D eigenvalue weighted by atomic mass is 10.1. The lowest BCUT2D eigenvalue weighted by Crippen LogP contribution is -1.87. The van der Waals surface area contributed by atoms with Gasteiger partial charge in [-0.2, -0.15) is 0 Å². The van der Waals surface area contributed by atoms with Gasteiger partial charge in [-0.05, 0) is 35.7 Å². The minimum absolute atomic E-state index is 0.805. The van der Waals surface area contributed by atoms with Crippen LogP contribution in [0.15, 0.2) is 0 Å². The lowest BCUT2D eigenvalue weighted by molar-refractivity contribution is 0.662. The van der Waals surface area contributed by atoms with Gasteiger partial charge in [0.05, 0.1) is 5.69 Å². The highest BCUT2D eigenvalue weighted by molar-refractivity contribution is 7.89. The molecule has 1 aromatic heterocycles. The highest BCUT2D eigenvalue weighted by Gasteiger charge is 1.99. The Bertz CT molecular complexity index is 220. The molecular formula is C9H17NP2. The summed E-state index contributed by atoms with van der Waals surface area (Å²) in [5.41, 5.74) is 1.41. The van der Waals surface area contributed by atoms with Gasteiger partial charge in [-0.3, -0.25) is 0 Å². The van der Waals surface area contributed by atoms with Gasteiger partial charge in [-0.15, -0.1) is 0 Å². The van der Waals surface area contributed by atoms with Crippen LogP contribution in [-0.4, -0.2) is 4.75 Å². The zero-order chi connectivity index (χ0) is 8.81. The molecule has 1 nitrogen and oxygen atoms in total. The van der Waals surface area contributed by atoms with Crippen molar-refractivity contribution in [1.82, 2.24) is 4.75 Å². The lowest BCUT2D eigenvalue weighted by Gasteiger charge is -1.97. The molecular weight excluding hydrogens is 184 g/mol. The van der Waals surface area contributed by atoms with E-state index in [-0.39, 0.29) is 0 Å². The second-order valence-corrected chi connectivity index (χ2v) is 5.76. The molecule has 0 aromatic carbocycles. The Morgan fingerprint density at radius 1 is 1.33 bits per heavy atom. The quantitative estimate of drug-likeness (QED) is 0.653. The van der Waals surface area contributed by atoms with E-state index in [1.807, 2.05) is 0 Å². The van der Waals surface area contributed by atoms with E-state index in [2.05, 4.69) is 18.6 Å². The molecule has 1 aromatic rings. The molecule has 3 heteroatoms. The second-order valence-electron chi connectivity index (χ2n) is 3.17. The van der Waals surface area contributed by atoms with E-state index in [0.717, 1.165) is 8.03 Å². The SMILES string of the molecule is CCCCCCc1n[pH]pc1C. The van der Waals surface area contributed by atoms with Gasteiger partial charge in [0.2, 0.25) is 0 Å². The molecule has 0 saturated heterocycles. The van der Waals surface area contributed by atoms with E-state index in [1.165, 1.54) is 51.0 Å². The van der Waals surface area contributed by atoms with Crippen molar-refractivity contribution in [3.63, 3.8) is 0 Å². The van der Waals surface area contributed by atoms with Crippen LogP contribution in [0.3, 0.4) is 0 Å². The number of rotatable bonds is 5. The van der Waals surface area contributed by atoms with Crippen LogP contribution in [-0.2, 0) is 6.42 Å². The molecule has 1 heterocycles. The molecule has 0 amide bonds. The topological polar surface area (TPSA) is 12.9 Å². The number of aromatic nitrogens is 1. The number of hydrogen-bond acceptors (Lipinski definition) is 1. The van der Waals surface area contributed by atoms with Crippen LogP contribution in [0.25, 0.3) is 0 Å². The third kappa shape index (κ3) is 3.25. The van der Waals surface area contributed by atoms with Crippen molar-refractivity contribution in [2.45, 2.75) is 46.0 Å². The van der Waals surface area contributed by atoms with Gasteiger partial charge in [0.1, 0.15) is 0 Å². The molecule has 1 unspecified atom stereocenters. The molecule has 1 rings (SSSR count). The Morgan fingerprint density at radius 2 is 2.17 bits per heavy atom. The van der Waals surface area contributed by atoms with Crippen molar-refractivity contribution >= 4 is 15.9 Å². The summed E-state index contributed by atoms with van der Waals surface area (Å²) in [4.78, 5) is 0. The van der Waals surface area contributed by atoms with Gasteiger partial charge in [0.25, 0.3) is 0 Å². The summed E-state index contributed by atoms with van der Waals surface area (Å²) in [5, 5.41) is 1.52.